The Morgan fingerprint density at radius 2 is 1.77 bits per heavy atom. The summed E-state index contributed by atoms with van der Waals surface area (Å²) in [4.78, 5) is 23.9. The van der Waals surface area contributed by atoms with Gasteiger partial charge in [0.2, 0.25) is 15.9 Å². The molecule has 0 aromatic heterocycles. The third-order valence-electron chi connectivity index (χ3n) is 3.52. The molecular formula is C17H18BrN3O4S. The zero-order valence-electron chi connectivity index (χ0n) is 14.0. The van der Waals surface area contributed by atoms with Crippen LogP contribution in [-0.2, 0) is 14.8 Å². The van der Waals surface area contributed by atoms with Crippen LogP contribution in [-0.4, -0.2) is 26.8 Å². The van der Waals surface area contributed by atoms with E-state index in [1.807, 2.05) is 0 Å². The summed E-state index contributed by atoms with van der Waals surface area (Å²) >= 11 is 3.29. The molecule has 0 heterocycles. The minimum absolute atomic E-state index is 0.0425. The summed E-state index contributed by atoms with van der Waals surface area (Å²) in [5.74, 6) is -0.637. The normalized spacial score (nSPS) is 11.0. The maximum Gasteiger partial charge on any atom is 0.251 e. The van der Waals surface area contributed by atoms with Gasteiger partial charge in [0.25, 0.3) is 5.91 Å². The third kappa shape index (κ3) is 5.65. The molecule has 0 fully saturated rings. The second kappa shape index (κ2) is 8.43. The number of carbonyl (C=O) groups is 2. The summed E-state index contributed by atoms with van der Waals surface area (Å²) in [5, 5.41) is 10.4. The SMILES string of the molecule is Cc1ccc(NC(=O)CCNC(=O)c2ccc(Br)cc2)cc1S(N)(=O)=O. The third-order valence-corrected chi connectivity index (χ3v) is 5.10. The molecule has 138 valence electrons. The Labute approximate surface area is 160 Å². The molecule has 2 aromatic rings. The van der Waals surface area contributed by atoms with Crippen LogP contribution < -0.4 is 15.8 Å². The largest absolute Gasteiger partial charge is 0.352 e. The summed E-state index contributed by atoms with van der Waals surface area (Å²) in [6.07, 6.45) is 0.0425. The number of benzene rings is 2. The minimum Gasteiger partial charge on any atom is -0.352 e. The van der Waals surface area contributed by atoms with Crippen LogP contribution in [0.2, 0.25) is 0 Å². The lowest BCUT2D eigenvalue weighted by Crippen LogP contribution is -2.27. The smallest absolute Gasteiger partial charge is 0.251 e. The molecule has 0 saturated heterocycles. The number of amides is 2. The van der Waals surface area contributed by atoms with E-state index in [4.69, 9.17) is 5.14 Å². The van der Waals surface area contributed by atoms with Crippen molar-refractivity contribution in [3.63, 3.8) is 0 Å². The molecule has 2 amide bonds. The van der Waals surface area contributed by atoms with Gasteiger partial charge in [0.15, 0.2) is 0 Å². The molecule has 2 aromatic carbocycles. The van der Waals surface area contributed by atoms with Gasteiger partial charge in [-0.2, -0.15) is 0 Å². The second-order valence-corrected chi connectivity index (χ2v) is 8.03. The predicted molar refractivity (Wildman–Crippen MR) is 102 cm³/mol. The summed E-state index contributed by atoms with van der Waals surface area (Å²) in [7, 11) is -3.87. The standard InChI is InChI=1S/C17H18BrN3O4S/c1-11-2-7-14(10-15(11)26(19,24)25)21-16(22)8-9-20-17(23)12-3-5-13(18)6-4-12/h2-7,10H,8-9H2,1H3,(H,20,23)(H,21,22)(H2,19,24,25). The molecule has 7 nitrogen and oxygen atoms in total. The number of aryl methyl sites for hydroxylation is 1. The molecule has 9 heteroatoms. The first-order chi connectivity index (χ1) is 12.2. The van der Waals surface area contributed by atoms with Gasteiger partial charge < -0.3 is 10.6 Å². The fourth-order valence-corrected chi connectivity index (χ4v) is 3.27. The molecular weight excluding hydrogens is 422 g/mol. The number of carbonyl (C=O) groups excluding carboxylic acids is 2. The van der Waals surface area contributed by atoms with Crippen molar-refractivity contribution in [3.05, 3.63) is 58.1 Å². The van der Waals surface area contributed by atoms with E-state index >= 15 is 0 Å². The first-order valence-corrected chi connectivity index (χ1v) is 9.98. The van der Waals surface area contributed by atoms with E-state index in [1.165, 1.54) is 6.07 Å². The Balaban J connectivity index is 1.89. The summed E-state index contributed by atoms with van der Waals surface area (Å²) in [6.45, 7) is 1.76. The van der Waals surface area contributed by atoms with Crippen molar-refractivity contribution >= 4 is 43.5 Å². The number of hydrogen-bond donors (Lipinski definition) is 3. The van der Waals surface area contributed by atoms with Crippen molar-refractivity contribution in [2.75, 3.05) is 11.9 Å². The van der Waals surface area contributed by atoms with Crippen molar-refractivity contribution in [1.29, 1.82) is 0 Å². The first kappa shape index (κ1) is 20.1. The maximum absolute atomic E-state index is 12.0. The number of hydrogen-bond acceptors (Lipinski definition) is 4. The number of nitrogens with two attached hydrogens (primary N) is 1. The van der Waals surface area contributed by atoms with Gasteiger partial charge in [-0.1, -0.05) is 22.0 Å². The van der Waals surface area contributed by atoms with Crippen LogP contribution >= 0.6 is 15.9 Å². The van der Waals surface area contributed by atoms with Crippen LogP contribution in [0.15, 0.2) is 51.8 Å². The fraction of sp³-hybridized carbons (Fsp3) is 0.176. The summed E-state index contributed by atoms with van der Waals surface area (Å²) < 4.78 is 23.9. The second-order valence-electron chi connectivity index (χ2n) is 5.59. The lowest BCUT2D eigenvalue weighted by molar-refractivity contribution is -0.116. The summed E-state index contributed by atoms with van der Waals surface area (Å²) in [5.41, 5.74) is 1.31. The zero-order chi connectivity index (χ0) is 19.3. The Bertz CT molecular complexity index is 928. The van der Waals surface area contributed by atoms with Gasteiger partial charge in [-0.15, -0.1) is 0 Å². The van der Waals surface area contributed by atoms with E-state index < -0.39 is 10.0 Å². The number of sulfonamides is 1. The van der Waals surface area contributed by atoms with Crippen LogP contribution in [0.4, 0.5) is 5.69 Å². The highest BCUT2D eigenvalue weighted by Crippen LogP contribution is 2.19. The molecule has 0 bridgehead atoms. The van der Waals surface area contributed by atoms with Crippen molar-refractivity contribution < 1.29 is 18.0 Å². The molecule has 0 aliphatic rings. The summed E-state index contributed by atoms with van der Waals surface area (Å²) in [6, 6.07) is 11.3. The van der Waals surface area contributed by atoms with Crippen LogP contribution in [0, 0.1) is 6.92 Å². The van der Waals surface area contributed by atoms with Gasteiger partial charge in [0.1, 0.15) is 0 Å². The van der Waals surface area contributed by atoms with Crippen LogP contribution in [0.1, 0.15) is 22.3 Å². The Kier molecular flexibility index (Phi) is 6.52. The van der Waals surface area contributed by atoms with E-state index in [1.54, 1.807) is 43.3 Å². The zero-order valence-corrected chi connectivity index (χ0v) is 16.4. The number of halogens is 1. The van der Waals surface area contributed by atoms with Gasteiger partial charge in [-0.25, -0.2) is 13.6 Å². The number of nitrogens with one attached hydrogen (secondary N) is 2. The number of anilines is 1. The van der Waals surface area contributed by atoms with Gasteiger partial charge >= 0.3 is 0 Å². The Hall–Kier alpha value is -2.23. The molecule has 2 rings (SSSR count). The maximum atomic E-state index is 12.0. The highest BCUT2D eigenvalue weighted by Gasteiger charge is 2.13. The molecule has 26 heavy (non-hydrogen) atoms. The minimum atomic E-state index is -3.87. The van der Waals surface area contributed by atoms with Gasteiger partial charge in [-0.05, 0) is 48.9 Å². The van der Waals surface area contributed by atoms with Gasteiger partial charge in [0.05, 0.1) is 4.90 Å². The first-order valence-electron chi connectivity index (χ1n) is 7.64. The molecule has 0 spiro atoms. The highest BCUT2D eigenvalue weighted by atomic mass is 79.9. The average molecular weight is 440 g/mol. The molecule has 0 unspecified atom stereocenters. The molecule has 0 atom stereocenters. The monoisotopic (exact) mass is 439 g/mol. The predicted octanol–water partition coefficient (Wildman–Crippen LogP) is 2.16. The van der Waals surface area contributed by atoms with Crippen molar-refractivity contribution in [2.45, 2.75) is 18.2 Å². The molecule has 0 aliphatic heterocycles. The van der Waals surface area contributed by atoms with Crippen LogP contribution in [0.25, 0.3) is 0 Å². The average Bonchev–Trinajstić information content (AvgIpc) is 2.56. The number of primary sulfonamides is 1. The molecule has 4 N–H and O–H groups in total. The van der Waals surface area contributed by atoms with Crippen LogP contribution in [0.5, 0.6) is 0 Å². The topological polar surface area (TPSA) is 118 Å². The molecule has 0 aliphatic carbocycles. The lowest BCUT2D eigenvalue weighted by atomic mass is 10.2. The van der Waals surface area contributed by atoms with Gasteiger partial charge in [-0.3, -0.25) is 9.59 Å². The van der Waals surface area contributed by atoms with E-state index in [-0.39, 0.29) is 29.7 Å². The number of rotatable bonds is 6. The van der Waals surface area contributed by atoms with E-state index in [0.717, 1.165) is 4.47 Å². The quantitative estimate of drug-likeness (QED) is 0.638. The fourth-order valence-electron chi connectivity index (χ4n) is 2.20. The van der Waals surface area contributed by atoms with Crippen molar-refractivity contribution in [1.82, 2.24) is 5.32 Å². The van der Waals surface area contributed by atoms with Crippen LogP contribution in [0.3, 0.4) is 0 Å². The van der Waals surface area contributed by atoms with E-state index in [9.17, 15) is 18.0 Å². The van der Waals surface area contributed by atoms with Crippen molar-refractivity contribution in [2.24, 2.45) is 5.14 Å². The van der Waals surface area contributed by atoms with Gasteiger partial charge in [0, 0.05) is 28.7 Å². The highest BCUT2D eigenvalue weighted by molar-refractivity contribution is 9.10. The lowest BCUT2D eigenvalue weighted by Gasteiger charge is -2.09. The van der Waals surface area contributed by atoms with E-state index in [2.05, 4.69) is 26.6 Å². The Morgan fingerprint density at radius 1 is 1.12 bits per heavy atom. The molecule has 0 radical (unpaired) electrons. The van der Waals surface area contributed by atoms with E-state index in [0.29, 0.717) is 16.8 Å². The molecule has 0 saturated carbocycles. The Morgan fingerprint density at radius 3 is 2.38 bits per heavy atom. The van der Waals surface area contributed by atoms with Crippen molar-refractivity contribution in [3.8, 4) is 0 Å².